The number of carbonyl (C=O) groups excluding carboxylic acids is 1. The molecule has 1 amide bonds. The Hall–Kier alpha value is -3.18. The SMILES string of the molecule is CC(C(=S)Oc1ccccc1)c1cccc(NC(=O)c2ccccc2)c1O. The molecule has 0 aliphatic carbocycles. The monoisotopic (exact) mass is 377 g/mol. The molecule has 5 heteroatoms. The molecule has 0 bridgehead atoms. The number of phenols is 1. The third-order valence-electron chi connectivity index (χ3n) is 4.13. The van der Waals surface area contributed by atoms with Crippen molar-refractivity contribution in [3.05, 3.63) is 90.0 Å². The van der Waals surface area contributed by atoms with E-state index in [1.54, 1.807) is 42.5 Å². The fourth-order valence-electron chi connectivity index (χ4n) is 2.62. The average molecular weight is 377 g/mol. The summed E-state index contributed by atoms with van der Waals surface area (Å²) in [5.41, 5.74) is 1.43. The van der Waals surface area contributed by atoms with Crippen LogP contribution in [0.1, 0.15) is 28.8 Å². The first-order chi connectivity index (χ1) is 13.1. The van der Waals surface area contributed by atoms with Crippen LogP contribution in [0.25, 0.3) is 0 Å². The first-order valence-corrected chi connectivity index (χ1v) is 8.92. The molecule has 0 saturated heterocycles. The number of anilines is 1. The van der Waals surface area contributed by atoms with Crippen molar-refractivity contribution in [2.45, 2.75) is 12.8 Å². The lowest BCUT2D eigenvalue weighted by Crippen LogP contribution is -2.16. The van der Waals surface area contributed by atoms with E-state index in [1.807, 2.05) is 43.3 Å². The summed E-state index contributed by atoms with van der Waals surface area (Å²) in [6.45, 7) is 1.85. The first-order valence-electron chi connectivity index (χ1n) is 8.51. The summed E-state index contributed by atoms with van der Waals surface area (Å²) in [5.74, 6) is -0.0109. The molecule has 0 spiro atoms. The summed E-state index contributed by atoms with van der Waals surface area (Å²) in [5, 5.41) is 13.7. The Bertz CT molecular complexity index is 942. The summed E-state index contributed by atoms with van der Waals surface area (Å²) in [4.78, 5) is 12.3. The standard InChI is InChI=1S/C22H19NO3S/c1-15(22(27)26-17-11-6-3-7-12-17)18-13-8-14-19(20(18)24)23-21(25)16-9-4-2-5-10-16/h2-15,24H,1H3,(H,23,25). The van der Waals surface area contributed by atoms with Crippen LogP contribution < -0.4 is 10.1 Å². The Morgan fingerprint density at radius 3 is 2.26 bits per heavy atom. The highest BCUT2D eigenvalue weighted by Gasteiger charge is 2.20. The van der Waals surface area contributed by atoms with Gasteiger partial charge in [0.05, 0.1) is 11.6 Å². The summed E-state index contributed by atoms with van der Waals surface area (Å²) in [6.07, 6.45) is 0. The van der Waals surface area contributed by atoms with Crippen molar-refractivity contribution in [1.29, 1.82) is 0 Å². The van der Waals surface area contributed by atoms with E-state index >= 15 is 0 Å². The van der Waals surface area contributed by atoms with Crippen molar-refractivity contribution in [3.63, 3.8) is 0 Å². The van der Waals surface area contributed by atoms with Gasteiger partial charge in [-0.25, -0.2) is 0 Å². The molecule has 1 atom stereocenters. The number of ether oxygens (including phenoxy) is 1. The number of hydrogen-bond donors (Lipinski definition) is 2. The molecule has 3 aromatic rings. The van der Waals surface area contributed by atoms with Gasteiger partial charge in [-0.15, -0.1) is 0 Å². The lowest BCUT2D eigenvalue weighted by Gasteiger charge is -2.17. The maximum absolute atomic E-state index is 12.3. The average Bonchev–Trinajstić information content (AvgIpc) is 2.70. The number of amides is 1. The van der Waals surface area contributed by atoms with E-state index in [0.717, 1.165) is 0 Å². The van der Waals surface area contributed by atoms with Crippen LogP contribution in [0, 0.1) is 0 Å². The van der Waals surface area contributed by atoms with E-state index in [0.29, 0.717) is 27.6 Å². The lowest BCUT2D eigenvalue weighted by atomic mass is 9.99. The van der Waals surface area contributed by atoms with Crippen molar-refractivity contribution < 1.29 is 14.6 Å². The summed E-state index contributed by atoms with van der Waals surface area (Å²) >= 11 is 5.39. The molecule has 0 aliphatic rings. The molecule has 4 nitrogen and oxygen atoms in total. The molecule has 0 saturated carbocycles. The van der Waals surface area contributed by atoms with Gasteiger partial charge in [0.25, 0.3) is 5.91 Å². The number of thiocarbonyl (C=S) groups is 1. The van der Waals surface area contributed by atoms with Gasteiger partial charge in [0, 0.05) is 11.1 Å². The minimum atomic E-state index is -0.339. The molecular formula is C22H19NO3S. The van der Waals surface area contributed by atoms with Crippen LogP contribution in [0.2, 0.25) is 0 Å². The van der Waals surface area contributed by atoms with Gasteiger partial charge in [0.2, 0.25) is 0 Å². The van der Waals surface area contributed by atoms with E-state index in [9.17, 15) is 9.90 Å². The van der Waals surface area contributed by atoms with Gasteiger partial charge in [0.15, 0.2) is 5.05 Å². The maximum atomic E-state index is 12.3. The van der Waals surface area contributed by atoms with E-state index in [4.69, 9.17) is 17.0 Å². The second-order valence-electron chi connectivity index (χ2n) is 6.02. The Morgan fingerprint density at radius 1 is 0.963 bits per heavy atom. The van der Waals surface area contributed by atoms with Crippen molar-refractivity contribution >= 4 is 28.9 Å². The van der Waals surface area contributed by atoms with Crippen molar-refractivity contribution in [2.75, 3.05) is 5.32 Å². The first kappa shape index (κ1) is 18.6. The number of phenolic OH excluding ortho intramolecular Hbond substituents is 1. The second kappa shape index (κ2) is 8.47. The highest BCUT2D eigenvalue weighted by atomic mass is 32.1. The van der Waals surface area contributed by atoms with Gasteiger partial charge in [0.1, 0.15) is 11.5 Å². The normalized spacial score (nSPS) is 11.4. The van der Waals surface area contributed by atoms with Gasteiger partial charge in [-0.3, -0.25) is 4.79 Å². The van der Waals surface area contributed by atoms with Crippen LogP contribution >= 0.6 is 12.2 Å². The van der Waals surface area contributed by atoms with Crippen molar-refractivity contribution in [3.8, 4) is 11.5 Å². The zero-order valence-corrected chi connectivity index (χ0v) is 15.6. The number of para-hydroxylation sites is 2. The topological polar surface area (TPSA) is 58.6 Å². The zero-order valence-electron chi connectivity index (χ0n) is 14.8. The fourth-order valence-corrected chi connectivity index (χ4v) is 2.84. The molecule has 0 aliphatic heterocycles. The van der Waals surface area contributed by atoms with E-state index in [-0.39, 0.29) is 17.6 Å². The van der Waals surface area contributed by atoms with Crippen LogP contribution in [-0.4, -0.2) is 16.1 Å². The number of carbonyl (C=O) groups is 1. The molecule has 3 rings (SSSR count). The van der Waals surface area contributed by atoms with E-state index in [2.05, 4.69) is 5.32 Å². The molecule has 2 N–H and O–H groups in total. The Morgan fingerprint density at radius 2 is 1.59 bits per heavy atom. The maximum Gasteiger partial charge on any atom is 0.255 e. The van der Waals surface area contributed by atoms with E-state index < -0.39 is 0 Å². The molecule has 27 heavy (non-hydrogen) atoms. The predicted octanol–water partition coefficient (Wildman–Crippen LogP) is 5.15. The fraction of sp³-hybridized carbons (Fsp3) is 0.0909. The van der Waals surface area contributed by atoms with Gasteiger partial charge in [-0.2, -0.15) is 0 Å². The third kappa shape index (κ3) is 4.51. The third-order valence-corrected chi connectivity index (χ3v) is 4.57. The summed E-state index contributed by atoms with van der Waals surface area (Å²) < 4.78 is 5.71. The smallest absolute Gasteiger partial charge is 0.255 e. The Kier molecular flexibility index (Phi) is 5.84. The molecule has 0 aromatic heterocycles. The van der Waals surface area contributed by atoms with Crippen LogP contribution in [-0.2, 0) is 0 Å². The quantitative estimate of drug-likeness (QED) is 0.477. The van der Waals surface area contributed by atoms with Crippen molar-refractivity contribution in [2.24, 2.45) is 0 Å². The second-order valence-corrected chi connectivity index (χ2v) is 6.42. The minimum absolute atomic E-state index is 0.0201. The largest absolute Gasteiger partial charge is 0.505 e. The highest BCUT2D eigenvalue weighted by Crippen LogP contribution is 2.34. The molecule has 0 heterocycles. The number of nitrogens with one attached hydrogen (secondary N) is 1. The lowest BCUT2D eigenvalue weighted by molar-refractivity contribution is 0.102. The van der Waals surface area contributed by atoms with Gasteiger partial charge in [-0.1, -0.05) is 55.5 Å². The molecular weight excluding hydrogens is 358 g/mol. The van der Waals surface area contributed by atoms with Crippen LogP contribution in [0.3, 0.4) is 0 Å². The van der Waals surface area contributed by atoms with Crippen LogP contribution in [0.4, 0.5) is 5.69 Å². The minimum Gasteiger partial charge on any atom is -0.505 e. The van der Waals surface area contributed by atoms with Gasteiger partial charge >= 0.3 is 0 Å². The van der Waals surface area contributed by atoms with Gasteiger partial charge in [-0.05, 0) is 42.5 Å². The molecule has 0 radical (unpaired) electrons. The number of rotatable bonds is 5. The zero-order chi connectivity index (χ0) is 19.2. The van der Waals surface area contributed by atoms with Crippen LogP contribution in [0.5, 0.6) is 11.5 Å². The molecule has 3 aromatic carbocycles. The van der Waals surface area contributed by atoms with Crippen molar-refractivity contribution in [1.82, 2.24) is 0 Å². The molecule has 0 fully saturated rings. The highest BCUT2D eigenvalue weighted by molar-refractivity contribution is 7.80. The van der Waals surface area contributed by atoms with E-state index in [1.165, 1.54) is 0 Å². The van der Waals surface area contributed by atoms with Crippen LogP contribution in [0.15, 0.2) is 78.9 Å². The Balaban J connectivity index is 1.77. The summed E-state index contributed by atoms with van der Waals surface area (Å²) in [6, 6.07) is 23.2. The number of hydrogen-bond acceptors (Lipinski definition) is 4. The van der Waals surface area contributed by atoms with Gasteiger partial charge < -0.3 is 15.2 Å². The number of aromatic hydroxyl groups is 1. The Labute approximate surface area is 163 Å². The molecule has 136 valence electrons. The predicted molar refractivity (Wildman–Crippen MR) is 111 cm³/mol. The summed E-state index contributed by atoms with van der Waals surface area (Å²) in [7, 11) is 0. The number of benzene rings is 3. The molecule has 1 unspecified atom stereocenters.